The number of aromatic nitrogens is 1. The highest BCUT2D eigenvalue weighted by atomic mass is 14.9. The van der Waals surface area contributed by atoms with Gasteiger partial charge in [-0.05, 0) is 25.0 Å². The molecule has 1 N–H and O–H groups in total. The van der Waals surface area contributed by atoms with Crippen LogP contribution in [0, 0.1) is 5.41 Å². The monoisotopic (exact) mass is 189 g/mol. The number of nitrogens with one attached hydrogen (secondary N) is 1. The molecule has 1 aromatic rings. The highest BCUT2D eigenvalue weighted by Gasteiger charge is 1.91. The van der Waals surface area contributed by atoms with Gasteiger partial charge in [0.2, 0.25) is 0 Å². The Hall–Kier alpha value is -1.51. The van der Waals surface area contributed by atoms with E-state index in [2.05, 4.69) is 16.9 Å². The van der Waals surface area contributed by atoms with Crippen molar-refractivity contribution in [2.45, 2.75) is 26.7 Å². The van der Waals surface area contributed by atoms with Gasteiger partial charge in [0.05, 0.1) is 0 Å². The second-order valence-electron chi connectivity index (χ2n) is 3.17. The van der Waals surface area contributed by atoms with Crippen LogP contribution in [0.15, 0.2) is 23.3 Å². The molecule has 0 aliphatic rings. The first kappa shape index (κ1) is 10.6. The molecular formula is C11H15N3. The van der Waals surface area contributed by atoms with Crippen LogP contribution in [0.3, 0.4) is 0 Å². The third-order valence-electron chi connectivity index (χ3n) is 1.84. The summed E-state index contributed by atoms with van der Waals surface area (Å²) >= 11 is 0. The molecule has 1 heterocycles. The standard InChI is InChI=1S/C11H15N3/c1-3-10-4-5-11(14-8-10)13-7-6-9(2)12/h4-5,7-8,12H,3,6H2,1-2H3. The van der Waals surface area contributed by atoms with Gasteiger partial charge in [0.1, 0.15) is 0 Å². The van der Waals surface area contributed by atoms with Crippen LogP contribution in [-0.2, 0) is 6.42 Å². The zero-order chi connectivity index (χ0) is 10.4. The van der Waals surface area contributed by atoms with Crippen molar-refractivity contribution in [2.75, 3.05) is 0 Å². The number of nitrogens with zero attached hydrogens (tertiary/aromatic N) is 2. The van der Waals surface area contributed by atoms with E-state index in [0.29, 0.717) is 18.0 Å². The molecule has 0 fully saturated rings. The number of hydrogen-bond donors (Lipinski definition) is 1. The predicted molar refractivity (Wildman–Crippen MR) is 59.8 cm³/mol. The molecule has 0 aliphatic heterocycles. The van der Waals surface area contributed by atoms with E-state index in [1.807, 2.05) is 18.3 Å². The largest absolute Gasteiger partial charge is 0.310 e. The maximum atomic E-state index is 7.21. The van der Waals surface area contributed by atoms with E-state index in [0.717, 1.165) is 6.42 Å². The zero-order valence-electron chi connectivity index (χ0n) is 8.62. The lowest BCUT2D eigenvalue weighted by Crippen LogP contribution is -1.88. The number of aliphatic imine (C=N–C) groups is 1. The summed E-state index contributed by atoms with van der Waals surface area (Å²) < 4.78 is 0. The number of hydrogen-bond acceptors (Lipinski definition) is 3. The average Bonchev–Trinajstić information content (AvgIpc) is 2.18. The van der Waals surface area contributed by atoms with Gasteiger partial charge in [0, 0.05) is 24.5 Å². The highest BCUT2D eigenvalue weighted by molar-refractivity contribution is 5.92. The quantitative estimate of drug-likeness (QED) is 0.727. The van der Waals surface area contributed by atoms with Crippen molar-refractivity contribution in [1.29, 1.82) is 5.41 Å². The minimum Gasteiger partial charge on any atom is -0.310 e. The lowest BCUT2D eigenvalue weighted by Gasteiger charge is -1.95. The van der Waals surface area contributed by atoms with Gasteiger partial charge in [-0.15, -0.1) is 0 Å². The molecule has 3 heteroatoms. The summed E-state index contributed by atoms with van der Waals surface area (Å²) in [4.78, 5) is 8.32. The second kappa shape index (κ2) is 5.27. The molecule has 1 aromatic heterocycles. The van der Waals surface area contributed by atoms with E-state index < -0.39 is 0 Å². The summed E-state index contributed by atoms with van der Waals surface area (Å²) in [6.07, 6.45) is 5.15. The summed E-state index contributed by atoms with van der Waals surface area (Å²) in [5.74, 6) is 0.712. The molecule has 3 nitrogen and oxygen atoms in total. The highest BCUT2D eigenvalue weighted by Crippen LogP contribution is 2.08. The van der Waals surface area contributed by atoms with Gasteiger partial charge in [0.25, 0.3) is 0 Å². The van der Waals surface area contributed by atoms with Gasteiger partial charge in [-0.3, -0.25) is 0 Å². The van der Waals surface area contributed by atoms with Crippen molar-refractivity contribution in [2.24, 2.45) is 4.99 Å². The molecule has 74 valence electrons. The van der Waals surface area contributed by atoms with Crippen LogP contribution in [0.2, 0.25) is 0 Å². The van der Waals surface area contributed by atoms with E-state index >= 15 is 0 Å². The van der Waals surface area contributed by atoms with Crippen molar-refractivity contribution in [3.05, 3.63) is 23.9 Å². The number of pyridine rings is 1. The summed E-state index contributed by atoms with van der Waals surface area (Å²) in [5.41, 5.74) is 1.83. The molecule has 0 bridgehead atoms. The molecule has 0 radical (unpaired) electrons. The summed E-state index contributed by atoms with van der Waals surface area (Å²) in [5, 5.41) is 7.21. The lowest BCUT2D eigenvalue weighted by molar-refractivity contribution is 1.10. The van der Waals surface area contributed by atoms with Crippen LogP contribution in [0.4, 0.5) is 5.82 Å². The molecule has 0 saturated carbocycles. The minimum absolute atomic E-state index is 0.594. The van der Waals surface area contributed by atoms with Crippen LogP contribution in [0.1, 0.15) is 25.8 Å². The molecule has 14 heavy (non-hydrogen) atoms. The maximum absolute atomic E-state index is 7.21. The minimum atomic E-state index is 0.594. The van der Waals surface area contributed by atoms with E-state index in [-0.39, 0.29) is 0 Å². The van der Waals surface area contributed by atoms with Crippen LogP contribution >= 0.6 is 0 Å². The van der Waals surface area contributed by atoms with Gasteiger partial charge in [0.15, 0.2) is 5.82 Å². The van der Waals surface area contributed by atoms with Crippen LogP contribution in [0.5, 0.6) is 0 Å². The summed E-state index contributed by atoms with van der Waals surface area (Å²) in [7, 11) is 0. The first-order valence-electron chi connectivity index (χ1n) is 4.74. The molecule has 0 aliphatic carbocycles. The fraction of sp³-hybridized carbons (Fsp3) is 0.364. The van der Waals surface area contributed by atoms with Crippen LogP contribution in [-0.4, -0.2) is 16.9 Å². The van der Waals surface area contributed by atoms with E-state index in [9.17, 15) is 0 Å². The van der Waals surface area contributed by atoms with Gasteiger partial charge >= 0.3 is 0 Å². The summed E-state index contributed by atoms with van der Waals surface area (Å²) in [6, 6.07) is 3.92. The SMILES string of the molecule is CCc1ccc(N=CCC(C)=N)nc1. The Balaban J connectivity index is 2.59. The average molecular weight is 189 g/mol. The molecule has 0 amide bonds. The first-order chi connectivity index (χ1) is 6.72. The van der Waals surface area contributed by atoms with Crippen molar-refractivity contribution in [1.82, 2.24) is 4.98 Å². The third kappa shape index (κ3) is 3.47. The maximum Gasteiger partial charge on any atom is 0.151 e. The number of rotatable bonds is 4. The Morgan fingerprint density at radius 2 is 2.36 bits per heavy atom. The zero-order valence-corrected chi connectivity index (χ0v) is 8.62. The number of aryl methyl sites for hydroxylation is 1. The van der Waals surface area contributed by atoms with Gasteiger partial charge in [-0.2, -0.15) is 0 Å². The van der Waals surface area contributed by atoms with E-state index in [1.54, 1.807) is 13.1 Å². The molecule has 0 aromatic carbocycles. The summed E-state index contributed by atoms with van der Waals surface area (Å²) in [6.45, 7) is 3.86. The van der Waals surface area contributed by atoms with Crippen LogP contribution in [0.25, 0.3) is 0 Å². The molecule has 0 unspecified atom stereocenters. The predicted octanol–water partition coefficient (Wildman–Crippen LogP) is 2.78. The molecule has 1 rings (SSSR count). The molecule has 0 atom stereocenters. The molecular weight excluding hydrogens is 174 g/mol. The van der Waals surface area contributed by atoms with Crippen molar-refractivity contribution in [3.8, 4) is 0 Å². The Labute approximate surface area is 84.4 Å². The van der Waals surface area contributed by atoms with Gasteiger partial charge in [-0.1, -0.05) is 13.0 Å². The Morgan fingerprint density at radius 1 is 1.57 bits per heavy atom. The Kier molecular flexibility index (Phi) is 3.98. The van der Waals surface area contributed by atoms with Gasteiger partial charge < -0.3 is 5.41 Å². The van der Waals surface area contributed by atoms with Crippen molar-refractivity contribution in [3.63, 3.8) is 0 Å². The van der Waals surface area contributed by atoms with Crippen LogP contribution < -0.4 is 0 Å². The van der Waals surface area contributed by atoms with E-state index in [4.69, 9.17) is 5.41 Å². The van der Waals surface area contributed by atoms with Crippen molar-refractivity contribution < 1.29 is 0 Å². The second-order valence-corrected chi connectivity index (χ2v) is 3.17. The van der Waals surface area contributed by atoms with E-state index in [1.165, 1.54) is 5.56 Å². The third-order valence-corrected chi connectivity index (χ3v) is 1.84. The topological polar surface area (TPSA) is 49.1 Å². The van der Waals surface area contributed by atoms with Crippen molar-refractivity contribution >= 4 is 17.7 Å². The molecule has 0 spiro atoms. The Morgan fingerprint density at radius 3 is 2.86 bits per heavy atom. The fourth-order valence-electron chi connectivity index (χ4n) is 0.978. The smallest absolute Gasteiger partial charge is 0.151 e. The lowest BCUT2D eigenvalue weighted by atomic mass is 10.2. The molecule has 0 saturated heterocycles. The normalized spacial score (nSPS) is 10.7. The Bertz CT molecular complexity index is 325. The first-order valence-corrected chi connectivity index (χ1v) is 4.74. The van der Waals surface area contributed by atoms with Gasteiger partial charge in [-0.25, -0.2) is 9.98 Å². The fourth-order valence-corrected chi connectivity index (χ4v) is 0.978.